The molecular weight excluding hydrogens is 418 g/mol. The minimum absolute atomic E-state index is 0.286. The number of carbonyl (C=O) groups excluding carboxylic acids is 1. The Balaban J connectivity index is 1.39. The van der Waals surface area contributed by atoms with Gasteiger partial charge in [0.2, 0.25) is 0 Å². The summed E-state index contributed by atoms with van der Waals surface area (Å²) in [6, 6.07) is 15.6. The molecule has 4 aromatic rings. The van der Waals surface area contributed by atoms with Crippen LogP contribution in [0.5, 0.6) is 5.75 Å². The first kappa shape index (κ1) is 19.0. The lowest BCUT2D eigenvalue weighted by Gasteiger charge is -2.13. The number of aryl methyl sites for hydroxylation is 1. The summed E-state index contributed by atoms with van der Waals surface area (Å²) in [5.74, 6) is 1.65. The highest BCUT2D eigenvalue weighted by molar-refractivity contribution is 7.19. The summed E-state index contributed by atoms with van der Waals surface area (Å²) in [5.41, 5.74) is 3.09. The lowest BCUT2D eigenvalue weighted by molar-refractivity contribution is -0.118. The SMILES string of the molecule is O=C1CCc2c(sc3ncnc(Nc4ccc(OCc5ccccc5)c(Cl)c4)c23)C1. The first-order valence-electron chi connectivity index (χ1n) is 9.67. The molecular formula is C23H18ClN3O2S. The summed E-state index contributed by atoms with van der Waals surface area (Å²) in [6.45, 7) is 0.458. The smallest absolute Gasteiger partial charge is 0.142 e. The number of anilines is 2. The Labute approximate surface area is 182 Å². The van der Waals surface area contributed by atoms with Crippen LogP contribution in [0.4, 0.5) is 11.5 Å². The van der Waals surface area contributed by atoms with Crippen molar-refractivity contribution in [2.45, 2.75) is 25.9 Å². The van der Waals surface area contributed by atoms with Gasteiger partial charge in [0.1, 0.15) is 35.1 Å². The number of nitrogens with zero attached hydrogens (tertiary/aromatic N) is 2. The molecule has 0 saturated heterocycles. The molecule has 0 unspecified atom stereocenters. The third-order valence-corrected chi connectivity index (χ3v) is 6.55. The van der Waals surface area contributed by atoms with Crippen molar-refractivity contribution in [3.63, 3.8) is 0 Å². The lowest BCUT2D eigenvalue weighted by atomic mass is 9.96. The van der Waals surface area contributed by atoms with Crippen molar-refractivity contribution >= 4 is 50.4 Å². The van der Waals surface area contributed by atoms with E-state index in [0.29, 0.717) is 30.2 Å². The van der Waals surface area contributed by atoms with E-state index < -0.39 is 0 Å². The van der Waals surface area contributed by atoms with Gasteiger partial charge >= 0.3 is 0 Å². The molecule has 0 saturated carbocycles. The number of fused-ring (bicyclic) bond motifs is 3. The van der Waals surface area contributed by atoms with Crippen LogP contribution in [0.15, 0.2) is 54.9 Å². The van der Waals surface area contributed by atoms with Gasteiger partial charge in [-0.25, -0.2) is 9.97 Å². The Bertz CT molecular complexity index is 1240. The predicted octanol–water partition coefficient (Wildman–Crippen LogP) is 5.73. The summed E-state index contributed by atoms with van der Waals surface area (Å²) >= 11 is 8.04. The van der Waals surface area contributed by atoms with Crippen LogP contribution < -0.4 is 10.1 Å². The number of hydrogen-bond donors (Lipinski definition) is 1. The number of hydrogen-bond acceptors (Lipinski definition) is 6. The first-order chi connectivity index (χ1) is 14.7. The van der Waals surface area contributed by atoms with Crippen LogP contribution in [0.1, 0.15) is 22.4 Å². The Morgan fingerprint density at radius 1 is 1.10 bits per heavy atom. The van der Waals surface area contributed by atoms with Crippen LogP contribution in [-0.2, 0) is 24.2 Å². The van der Waals surface area contributed by atoms with Gasteiger partial charge in [-0.15, -0.1) is 11.3 Å². The molecule has 1 aliphatic rings. The van der Waals surface area contributed by atoms with Gasteiger partial charge in [0.05, 0.1) is 10.4 Å². The summed E-state index contributed by atoms with van der Waals surface area (Å²) in [4.78, 5) is 22.7. The van der Waals surface area contributed by atoms with E-state index in [1.165, 1.54) is 5.56 Å². The van der Waals surface area contributed by atoms with E-state index in [-0.39, 0.29) is 5.78 Å². The number of Topliss-reactive ketones (excluding diaryl/α,β-unsaturated/α-hetero) is 1. The minimum Gasteiger partial charge on any atom is -0.487 e. The summed E-state index contributed by atoms with van der Waals surface area (Å²) < 4.78 is 5.85. The van der Waals surface area contributed by atoms with Crippen molar-refractivity contribution in [3.05, 3.63) is 75.9 Å². The maximum Gasteiger partial charge on any atom is 0.142 e. The summed E-state index contributed by atoms with van der Waals surface area (Å²) in [5, 5.41) is 4.90. The largest absolute Gasteiger partial charge is 0.487 e. The van der Waals surface area contributed by atoms with Crippen molar-refractivity contribution in [1.29, 1.82) is 0 Å². The number of rotatable bonds is 5. The average Bonchev–Trinajstić information content (AvgIpc) is 3.12. The molecule has 150 valence electrons. The quantitative estimate of drug-likeness (QED) is 0.434. The molecule has 2 heterocycles. The van der Waals surface area contributed by atoms with E-state index >= 15 is 0 Å². The molecule has 0 atom stereocenters. The van der Waals surface area contributed by atoms with Crippen LogP contribution in [0.2, 0.25) is 5.02 Å². The number of halogens is 1. The second kappa shape index (κ2) is 8.05. The third kappa shape index (κ3) is 3.76. The molecule has 5 nitrogen and oxygen atoms in total. The zero-order valence-electron chi connectivity index (χ0n) is 16.0. The monoisotopic (exact) mass is 435 g/mol. The van der Waals surface area contributed by atoms with Gasteiger partial charge in [0, 0.05) is 23.4 Å². The Kier molecular flexibility index (Phi) is 5.11. The molecule has 0 aliphatic heterocycles. The number of carbonyl (C=O) groups is 1. The third-order valence-electron chi connectivity index (χ3n) is 5.11. The van der Waals surface area contributed by atoms with Gasteiger partial charge in [-0.3, -0.25) is 4.79 Å². The molecule has 1 aliphatic carbocycles. The van der Waals surface area contributed by atoms with Crippen molar-refractivity contribution in [2.75, 3.05) is 5.32 Å². The highest BCUT2D eigenvalue weighted by Gasteiger charge is 2.23. The zero-order valence-corrected chi connectivity index (χ0v) is 17.6. The highest BCUT2D eigenvalue weighted by Crippen LogP contribution is 2.38. The zero-order chi connectivity index (χ0) is 20.5. The summed E-state index contributed by atoms with van der Waals surface area (Å²) in [7, 11) is 0. The van der Waals surface area contributed by atoms with Gasteiger partial charge in [0.15, 0.2) is 0 Å². The topological polar surface area (TPSA) is 64.1 Å². The van der Waals surface area contributed by atoms with Gasteiger partial charge in [0.25, 0.3) is 0 Å². The van der Waals surface area contributed by atoms with Crippen LogP contribution in [0.3, 0.4) is 0 Å². The van der Waals surface area contributed by atoms with E-state index in [0.717, 1.165) is 38.6 Å². The summed E-state index contributed by atoms with van der Waals surface area (Å²) in [6.07, 6.45) is 3.36. The normalized spacial score (nSPS) is 13.3. The molecule has 0 amide bonds. The standard InChI is InChI=1S/C23H18ClN3O2S/c24-18-10-15(6-9-19(18)29-12-14-4-2-1-3-5-14)27-22-21-17-8-7-16(28)11-20(17)30-23(21)26-13-25-22/h1-6,9-10,13H,7-8,11-12H2,(H,25,26,27). The van der Waals surface area contributed by atoms with E-state index in [1.807, 2.05) is 48.5 Å². The number of ether oxygens (including phenoxy) is 1. The lowest BCUT2D eigenvalue weighted by Crippen LogP contribution is -2.11. The fourth-order valence-corrected chi connectivity index (χ4v) is 5.09. The highest BCUT2D eigenvalue weighted by atomic mass is 35.5. The fourth-order valence-electron chi connectivity index (χ4n) is 3.64. The number of nitrogens with one attached hydrogen (secondary N) is 1. The van der Waals surface area contributed by atoms with E-state index in [4.69, 9.17) is 16.3 Å². The van der Waals surface area contributed by atoms with Crippen molar-refractivity contribution in [2.24, 2.45) is 0 Å². The average molecular weight is 436 g/mol. The van der Waals surface area contributed by atoms with E-state index in [1.54, 1.807) is 17.7 Å². The molecule has 7 heteroatoms. The molecule has 0 bridgehead atoms. The second-order valence-corrected chi connectivity index (χ2v) is 8.66. The fraction of sp³-hybridized carbons (Fsp3) is 0.174. The molecule has 0 fully saturated rings. The van der Waals surface area contributed by atoms with Gasteiger partial charge in [-0.2, -0.15) is 0 Å². The first-order valence-corrected chi connectivity index (χ1v) is 10.9. The van der Waals surface area contributed by atoms with Crippen LogP contribution in [0.25, 0.3) is 10.2 Å². The van der Waals surface area contributed by atoms with Crippen molar-refractivity contribution < 1.29 is 9.53 Å². The van der Waals surface area contributed by atoms with Gasteiger partial charge < -0.3 is 10.1 Å². The number of thiophene rings is 1. The van der Waals surface area contributed by atoms with Gasteiger partial charge in [-0.05, 0) is 35.7 Å². The van der Waals surface area contributed by atoms with Crippen LogP contribution in [-0.4, -0.2) is 15.8 Å². The predicted molar refractivity (Wildman–Crippen MR) is 120 cm³/mol. The maximum atomic E-state index is 11.8. The maximum absolute atomic E-state index is 11.8. The number of ketones is 1. The molecule has 1 N–H and O–H groups in total. The Morgan fingerprint density at radius 3 is 2.80 bits per heavy atom. The van der Waals surface area contributed by atoms with Crippen molar-refractivity contribution in [3.8, 4) is 5.75 Å². The molecule has 0 spiro atoms. The molecule has 2 aromatic heterocycles. The number of aromatic nitrogens is 2. The van der Waals surface area contributed by atoms with Crippen LogP contribution in [0, 0.1) is 0 Å². The molecule has 5 rings (SSSR count). The molecule has 2 aromatic carbocycles. The number of benzene rings is 2. The van der Waals surface area contributed by atoms with E-state index in [2.05, 4.69) is 15.3 Å². The minimum atomic E-state index is 0.286. The second-order valence-electron chi connectivity index (χ2n) is 7.17. The molecule has 30 heavy (non-hydrogen) atoms. The van der Waals surface area contributed by atoms with Gasteiger partial charge in [-0.1, -0.05) is 41.9 Å². The van der Waals surface area contributed by atoms with E-state index in [9.17, 15) is 4.79 Å². The van der Waals surface area contributed by atoms with Crippen LogP contribution >= 0.6 is 22.9 Å². The molecule has 0 radical (unpaired) electrons. The van der Waals surface area contributed by atoms with Crippen molar-refractivity contribution in [1.82, 2.24) is 9.97 Å². The Hall–Kier alpha value is -2.96. The Morgan fingerprint density at radius 2 is 1.97 bits per heavy atom.